The van der Waals surface area contributed by atoms with E-state index in [1.807, 2.05) is 10.8 Å². The maximum absolute atomic E-state index is 10.9. The zero-order chi connectivity index (χ0) is 11.6. The normalized spacial score (nSPS) is 11.6. The molecule has 0 aromatic carbocycles. The fourth-order valence-electron chi connectivity index (χ4n) is 1.59. The van der Waals surface area contributed by atoms with Gasteiger partial charge in [0.25, 0.3) is 0 Å². The molecular weight excluding hydrogens is 244 g/mol. The van der Waals surface area contributed by atoms with Crippen molar-refractivity contribution in [3.8, 4) is 0 Å². The van der Waals surface area contributed by atoms with Crippen LogP contribution < -0.4 is 0 Å². The Bertz CT molecular complexity index is 425. The number of thiophene rings is 2. The summed E-state index contributed by atoms with van der Waals surface area (Å²) in [6.07, 6.45) is -0.319. The van der Waals surface area contributed by atoms with Crippen molar-refractivity contribution < 1.29 is 15.0 Å². The average Bonchev–Trinajstić information content (AvgIpc) is 2.91. The number of carboxylic acid groups (broad SMARTS) is 1. The Kier molecular flexibility index (Phi) is 3.09. The molecule has 5 heteroatoms. The number of rotatable bonds is 4. The molecule has 0 aliphatic carbocycles. The van der Waals surface area contributed by atoms with Crippen molar-refractivity contribution >= 4 is 28.6 Å². The first-order chi connectivity index (χ1) is 7.63. The van der Waals surface area contributed by atoms with Crippen LogP contribution in [0.1, 0.15) is 17.5 Å². The SMILES string of the molecule is O=C(O)CC(O)(c1ccsc1)c1ccsc1. The summed E-state index contributed by atoms with van der Waals surface area (Å²) in [7, 11) is 0. The maximum atomic E-state index is 10.9. The average molecular weight is 254 g/mol. The van der Waals surface area contributed by atoms with Gasteiger partial charge in [-0.05, 0) is 44.8 Å². The van der Waals surface area contributed by atoms with Gasteiger partial charge in [0.15, 0.2) is 0 Å². The van der Waals surface area contributed by atoms with Gasteiger partial charge in [0, 0.05) is 0 Å². The molecule has 0 radical (unpaired) electrons. The zero-order valence-electron chi connectivity index (χ0n) is 8.29. The Morgan fingerprint density at radius 1 is 1.19 bits per heavy atom. The summed E-state index contributed by atoms with van der Waals surface area (Å²) >= 11 is 2.88. The number of aliphatic carboxylic acids is 1. The van der Waals surface area contributed by atoms with E-state index >= 15 is 0 Å². The van der Waals surface area contributed by atoms with Gasteiger partial charge in [-0.15, -0.1) is 0 Å². The van der Waals surface area contributed by atoms with Gasteiger partial charge in [-0.3, -0.25) is 4.79 Å². The van der Waals surface area contributed by atoms with E-state index in [0.29, 0.717) is 11.1 Å². The summed E-state index contributed by atoms with van der Waals surface area (Å²) < 4.78 is 0. The van der Waals surface area contributed by atoms with Crippen LogP contribution in [0.5, 0.6) is 0 Å². The summed E-state index contributed by atoms with van der Waals surface area (Å²) in [5.74, 6) is -1.01. The second kappa shape index (κ2) is 4.37. The molecule has 0 bridgehead atoms. The lowest BCUT2D eigenvalue weighted by molar-refractivity contribution is -0.141. The first-order valence-corrected chi connectivity index (χ1v) is 6.51. The van der Waals surface area contributed by atoms with E-state index in [0.717, 1.165) is 0 Å². The van der Waals surface area contributed by atoms with E-state index in [1.54, 1.807) is 22.9 Å². The van der Waals surface area contributed by atoms with Gasteiger partial charge < -0.3 is 10.2 Å². The standard InChI is InChI=1S/C11H10O3S2/c12-10(13)5-11(14,8-1-3-15-6-8)9-2-4-16-7-9/h1-4,6-7,14H,5H2,(H,12,13). The third-order valence-electron chi connectivity index (χ3n) is 2.40. The largest absolute Gasteiger partial charge is 0.481 e. The predicted octanol–water partition coefficient (Wildman–Crippen LogP) is 2.52. The van der Waals surface area contributed by atoms with Crippen LogP contribution in [0.25, 0.3) is 0 Å². The third kappa shape index (κ3) is 2.02. The second-order valence-electron chi connectivity index (χ2n) is 3.45. The van der Waals surface area contributed by atoms with Gasteiger partial charge in [-0.2, -0.15) is 22.7 Å². The van der Waals surface area contributed by atoms with Crippen molar-refractivity contribution in [1.82, 2.24) is 0 Å². The van der Waals surface area contributed by atoms with Crippen molar-refractivity contribution in [2.24, 2.45) is 0 Å². The molecule has 84 valence electrons. The minimum atomic E-state index is -1.41. The number of hydrogen-bond acceptors (Lipinski definition) is 4. The van der Waals surface area contributed by atoms with Crippen LogP contribution in [0, 0.1) is 0 Å². The Morgan fingerprint density at radius 3 is 2.00 bits per heavy atom. The minimum Gasteiger partial charge on any atom is -0.481 e. The van der Waals surface area contributed by atoms with Crippen LogP contribution in [0.15, 0.2) is 33.7 Å². The molecule has 2 rings (SSSR count). The van der Waals surface area contributed by atoms with Crippen molar-refractivity contribution in [2.45, 2.75) is 12.0 Å². The Labute approximate surface area is 101 Å². The molecule has 0 fully saturated rings. The molecule has 2 aromatic heterocycles. The van der Waals surface area contributed by atoms with Crippen LogP contribution in [-0.4, -0.2) is 16.2 Å². The van der Waals surface area contributed by atoms with Gasteiger partial charge >= 0.3 is 5.97 Å². The van der Waals surface area contributed by atoms with Crippen molar-refractivity contribution in [2.75, 3.05) is 0 Å². The molecule has 2 heterocycles. The lowest BCUT2D eigenvalue weighted by Gasteiger charge is -2.24. The minimum absolute atomic E-state index is 0.319. The van der Waals surface area contributed by atoms with Gasteiger partial charge in [0.05, 0.1) is 6.42 Å². The molecule has 0 aliphatic rings. The molecule has 0 aliphatic heterocycles. The lowest BCUT2D eigenvalue weighted by atomic mass is 9.87. The van der Waals surface area contributed by atoms with Gasteiger partial charge in [0.1, 0.15) is 5.60 Å². The molecule has 0 unspecified atom stereocenters. The van der Waals surface area contributed by atoms with E-state index in [-0.39, 0.29) is 6.42 Å². The highest BCUT2D eigenvalue weighted by Crippen LogP contribution is 2.35. The van der Waals surface area contributed by atoms with Crippen LogP contribution in [-0.2, 0) is 10.4 Å². The fraction of sp³-hybridized carbons (Fsp3) is 0.182. The van der Waals surface area contributed by atoms with E-state index in [2.05, 4.69) is 0 Å². The first kappa shape index (κ1) is 11.3. The maximum Gasteiger partial charge on any atom is 0.307 e. The van der Waals surface area contributed by atoms with E-state index in [4.69, 9.17) is 5.11 Å². The number of carbonyl (C=O) groups is 1. The summed E-state index contributed by atoms with van der Waals surface area (Å²) in [6, 6.07) is 3.51. The first-order valence-electron chi connectivity index (χ1n) is 4.62. The monoisotopic (exact) mass is 254 g/mol. The molecule has 0 spiro atoms. The summed E-state index contributed by atoms with van der Waals surface area (Å²) in [5, 5.41) is 26.6. The summed E-state index contributed by atoms with van der Waals surface area (Å²) in [4.78, 5) is 10.9. The molecule has 2 N–H and O–H groups in total. The van der Waals surface area contributed by atoms with Gasteiger partial charge in [-0.25, -0.2) is 0 Å². The van der Waals surface area contributed by atoms with Crippen LogP contribution in [0.2, 0.25) is 0 Å². The van der Waals surface area contributed by atoms with Gasteiger partial charge in [-0.1, -0.05) is 0 Å². The molecule has 0 atom stereocenters. The molecule has 0 saturated carbocycles. The zero-order valence-corrected chi connectivity index (χ0v) is 9.92. The number of hydrogen-bond donors (Lipinski definition) is 2. The van der Waals surface area contributed by atoms with Gasteiger partial charge in [0.2, 0.25) is 0 Å². The smallest absolute Gasteiger partial charge is 0.307 e. The van der Waals surface area contributed by atoms with Crippen LogP contribution in [0.3, 0.4) is 0 Å². The Balaban J connectivity index is 2.45. The quantitative estimate of drug-likeness (QED) is 0.881. The van der Waals surface area contributed by atoms with E-state index in [1.165, 1.54) is 22.7 Å². The summed E-state index contributed by atoms with van der Waals surface area (Å²) in [5.41, 5.74) is -0.136. The molecule has 16 heavy (non-hydrogen) atoms. The van der Waals surface area contributed by atoms with Crippen molar-refractivity contribution in [1.29, 1.82) is 0 Å². The predicted molar refractivity (Wildman–Crippen MR) is 63.9 cm³/mol. The second-order valence-corrected chi connectivity index (χ2v) is 5.01. The third-order valence-corrected chi connectivity index (χ3v) is 3.77. The molecule has 2 aromatic rings. The van der Waals surface area contributed by atoms with Crippen molar-refractivity contribution in [3.63, 3.8) is 0 Å². The molecule has 0 amide bonds. The number of aliphatic hydroxyl groups is 1. The van der Waals surface area contributed by atoms with Crippen LogP contribution >= 0.6 is 22.7 Å². The van der Waals surface area contributed by atoms with E-state index in [9.17, 15) is 9.90 Å². The topological polar surface area (TPSA) is 57.5 Å². The molecule has 3 nitrogen and oxygen atoms in total. The Morgan fingerprint density at radius 2 is 1.69 bits per heavy atom. The molecular formula is C11H10O3S2. The summed E-state index contributed by atoms with van der Waals surface area (Å²) in [6.45, 7) is 0. The highest BCUT2D eigenvalue weighted by Gasteiger charge is 2.34. The number of carboxylic acids is 1. The van der Waals surface area contributed by atoms with Crippen LogP contribution in [0.4, 0.5) is 0 Å². The highest BCUT2D eigenvalue weighted by molar-refractivity contribution is 7.08. The lowest BCUT2D eigenvalue weighted by Crippen LogP contribution is -2.29. The van der Waals surface area contributed by atoms with Crippen molar-refractivity contribution in [3.05, 3.63) is 44.8 Å². The Hall–Kier alpha value is -1.17. The van der Waals surface area contributed by atoms with E-state index < -0.39 is 11.6 Å². The highest BCUT2D eigenvalue weighted by atomic mass is 32.1. The molecule has 0 saturated heterocycles. The fourth-order valence-corrected chi connectivity index (χ4v) is 3.04.